The predicted octanol–water partition coefficient (Wildman–Crippen LogP) is 4.47. The fraction of sp³-hybridized carbons (Fsp3) is 0.500. The van der Waals surface area contributed by atoms with Gasteiger partial charge in [0.2, 0.25) is 0 Å². The largest absolute Gasteiger partial charge is 0.364 e. The topological polar surface area (TPSA) is 12.5 Å². The first-order valence-electron chi connectivity index (χ1n) is 10.1. The molecule has 1 saturated carbocycles. The van der Waals surface area contributed by atoms with Crippen LogP contribution in [0.5, 0.6) is 0 Å². The molecule has 0 bridgehead atoms. The molecule has 2 aliphatic heterocycles. The lowest BCUT2D eigenvalue weighted by molar-refractivity contribution is -0.0872. The smallest absolute Gasteiger partial charge is 0.111 e. The molecule has 2 aromatic rings. The molecule has 139 valence electrons. The Bertz CT molecular complexity index is 781. The molecule has 3 heteroatoms. The van der Waals surface area contributed by atoms with E-state index in [1.807, 2.05) is 0 Å². The average Bonchev–Trinajstić information content (AvgIpc) is 3.24. The van der Waals surface area contributed by atoms with Gasteiger partial charge in [-0.1, -0.05) is 67.6 Å². The summed E-state index contributed by atoms with van der Waals surface area (Å²) in [5.41, 5.74) is 2.75. The maximum Gasteiger partial charge on any atom is 0.111 e. The van der Waals surface area contributed by atoms with Gasteiger partial charge in [-0.25, -0.2) is 0 Å². The molecule has 3 radical (unpaired) electrons. The van der Waals surface area contributed by atoms with E-state index >= 15 is 0 Å². The molecule has 2 heterocycles. The van der Waals surface area contributed by atoms with Crippen LogP contribution in [0.4, 0.5) is 0 Å². The highest BCUT2D eigenvalue weighted by Crippen LogP contribution is 2.64. The Balaban J connectivity index is 0.00000180. The van der Waals surface area contributed by atoms with Crippen molar-refractivity contribution in [3.05, 3.63) is 71.8 Å². The van der Waals surface area contributed by atoms with Crippen LogP contribution in [0.15, 0.2) is 60.7 Å². The van der Waals surface area contributed by atoms with Crippen molar-refractivity contribution in [3.8, 4) is 0 Å². The summed E-state index contributed by atoms with van der Waals surface area (Å²) in [5.74, 6) is 2.21. The minimum atomic E-state index is -0.180. The molecule has 2 aromatic carbocycles. The quantitative estimate of drug-likeness (QED) is 0.748. The second-order valence-corrected chi connectivity index (χ2v) is 8.85. The molecule has 1 aliphatic carbocycles. The zero-order valence-corrected chi connectivity index (χ0v) is 16.5. The number of hydrogen-bond donors (Lipinski definition) is 0. The van der Waals surface area contributed by atoms with Gasteiger partial charge in [0, 0.05) is 33.0 Å². The first-order valence-corrected chi connectivity index (χ1v) is 10.1. The number of hydrogen-bond acceptors (Lipinski definition) is 2. The fourth-order valence-electron chi connectivity index (χ4n) is 6.54. The standard InChI is InChI=1S/C24H29NO.B/c1-18-15-25-17-24(20-11-7-4-8-12-20,22-14-13-21(18)23(22,25)2)26-16-19-9-5-3-6-10-19;/h3-12,18,21-22H,13-17H2,1-2H3;/t18-,21+,22+,23-,24+;/m1./s1. The molecule has 0 spiro atoms. The van der Waals surface area contributed by atoms with Crippen molar-refractivity contribution in [2.24, 2.45) is 17.8 Å². The van der Waals surface area contributed by atoms with Gasteiger partial charge >= 0.3 is 0 Å². The fourth-order valence-corrected chi connectivity index (χ4v) is 6.54. The van der Waals surface area contributed by atoms with E-state index in [9.17, 15) is 0 Å². The second kappa shape index (κ2) is 6.79. The molecule has 2 nitrogen and oxygen atoms in total. The van der Waals surface area contributed by atoms with Crippen LogP contribution in [0.25, 0.3) is 0 Å². The molecule has 3 fully saturated rings. The van der Waals surface area contributed by atoms with Gasteiger partial charge in [0.05, 0.1) is 6.61 Å². The van der Waals surface area contributed by atoms with Gasteiger partial charge < -0.3 is 4.74 Å². The SMILES string of the molecule is C[C@@H]1CN2C[C@](OCc3ccccc3)(c3ccccc3)[C@H]3CC[C@@H]1[C@]32C.[B]. The van der Waals surface area contributed by atoms with Crippen molar-refractivity contribution in [2.45, 2.75) is 44.4 Å². The summed E-state index contributed by atoms with van der Waals surface area (Å²) >= 11 is 0. The van der Waals surface area contributed by atoms with Gasteiger partial charge in [-0.05, 0) is 42.7 Å². The second-order valence-electron chi connectivity index (χ2n) is 8.85. The molecule has 0 N–H and O–H groups in total. The van der Waals surface area contributed by atoms with E-state index in [-0.39, 0.29) is 14.0 Å². The van der Waals surface area contributed by atoms with E-state index in [1.54, 1.807) is 0 Å². The lowest BCUT2D eigenvalue weighted by Crippen LogP contribution is -2.43. The number of benzene rings is 2. The molecule has 3 aliphatic rings. The summed E-state index contributed by atoms with van der Waals surface area (Å²) in [6.45, 7) is 7.92. The normalized spacial score (nSPS) is 37.2. The van der Waals surface area contributed by atoms with E-state index in [2.05, 4.69) is 79.4 Å². The minimum absolute atomic E-state index is 0. The molecule has 5 rings (SSSR count). The van der Waals surface area contributed by atoms with Crippen molar-refractivity contribution in [2.75, 3.05) is 13.1 Å². The average molecular weight is 358 g/mol. The van der Waals surface area contributed by atoms with Crippen LogP contribution in [0, 0.1) is 17.8 Å². The van der Waals surface area contributed by atoms with Crippen molar-refractivity contribution in [1.82, 2.24) is 4.90 Å². The van der Waals surface area contributed by atoms with Gasteiger partial charge in [-0.3, -0.25) is 4.90 Å². The van der Waals surface area contributed by atoms with E-state index in [0.717, 1.165) is 18.4 Å². The summed E-state index contributed by atoms with van der Waals surface area (Å²) in [6.07, 6.45) is 2.63. The predicted molar refractivity (Wildman–Crippen MR) is 110 cm³/mol. The van der Waals surface area contributed by atoms with Crippen LogP contribution >= 0.6 is 0 Å². The Kier molecular flexibility index (Phi) is 4.72. The first kappa shape index (κ1) is 18.8. The van der Waals surface area contributed by atoms with E-state index < -0.39 is 0 Å². The Hall–Kier alpha value is -1.58. The molecule has 0 aromatic heterocycles. The summed E-state index contributed by atoms with van der Waals surface area (Å²) in [4.78, 5) is 2.76. The highest BCUT2D eigenvalue weighted by Gasteiger charge is 2.69. The zero-order chi connectivity index (χ0) is 17.8. The summed E-state index contributed by atoms with van der Waals surface area (Å²) < 4.78 is 6.89. The molecular weight excluding hydrogens is 329 g/mol. The van der Waals surface area contributed by atoms with Crippen molar-refractivity contribution < 1.29 is 4.74 Å². The number of nitrogens with zero attached hydrogens (tertiary/aromatic N) is 1. The zero-order valence-electron chi connectivity index (χ0n) is 16.5. The Morgan fingerprint density at radius 2 is 1.67 bits per heavy atom. The molecule has 0 amide bonds. The maximum absolute atomic E-state index is 6.89. The van der Waals surface area contributed by atoms with E-state index in [1.165, 1.54) is 30.5 Å². The maximum atomic E-state index is 6.89. The van der Waals surface area contributed by atoms with Crippen LogP contribution in [0.1, 0.15) is 37.8 Å². The van der Waals surface area contributed by atoms with E-state index in [4.69, 9.17) is 4.74 Å². The lowest BCUT2D eigenvalue weighted by Gasteiger charge is -2.38. The van der Waals surface area contributed by atoms with Crippen LogP contribution in [0.2, 0.25) is 0 Å². The van der Waals surface area contributed by atoms with Crippen LogP contribution in [0.3, 0.4) is 0 Å². The third-order valence-corrected chi connectivity index (χ3v) is 7.69. The molecule has 27 heavy (non-hydrogen) atoms. The van der Waals surface area contributed by atoms with Gasteiger partial charge in [-0.15, -0.1) is 0 Å². The van der Waals surface area contributed by atoms with Gasteiger partial charge in [0.25, 0.3) is 0 Å². The molecule has 0 unspecified atom stereocenters. The molecular formula is C24H29BNO. The molecule has 5 atom stereocenters. The van der Waals surface area contributed by atoms with Gasteiger partial charge in [0.15, 0.2) is 0 Å². The lowest BCUT2D eigenvalue weighted by atomic mass is 9.73. The first-order chi connectivity index (χ1) is 12.6. The van der Waals surface area contributed by atoms with E-state index in [0.29, 0.717) is 18.1 Å². The van der Waals surface area contributed by atoms with Crippen LogP contribution in [-0.2, 0) is 16.9 Å². The van der Waals surface area contributed by atoms with Gasteiger partial charge in [0.1, 0.15) is 5.60 Å². The third-order valence-electron chi connectivity index (χ3n) is 7.69. The highest BCUT2D eigenvalue weighted by molar-refractivity contribution is 5.75. The molecule has 2 saturated heterocycles. The Labute approximate surface area is 165 Å². The Morgan fingerprint density at radius 1 is 1.00 bits per heavy atom. The number of ether oxygens (including phenoxy) is 1. The van der Waals surface area contributed by atoms with Crippen LogP contribution in [-0.4, -0.2) is 31.9 Å². The monoisotopic (exact) mass is 358 g/mol. The highest BCUT2D eigenvalue weighted by atomic mass is 16.5. The number of rotatable bonds is 4. The summed E-state index contributed by atoms with van der Waals surface area (Å²) in [7, 11) is 0. The van der Waals surface area contributed by atoms with Crippen LogP contribution < -0.4 is 0 Å². The third kappa shape index (κ3) is 2.62. The van der Waals surface area contributed by atoms with Crippen molar-refractivity contribution in [1.29, 1.82) is 0 Å². The summed E-state index contributed by atoms with van der Waals surface area (Å²) in [5, 5.41) is 0. The van der Waals surface area contributed by atoms with Crippen molar-refractivity contribution in [3.63, 3.8) is 0 Å². The van der Waals surface area contributed by atoms with Crippen molar-refractivity contribution >= 4 is 8.41 Å². The summed E-state index contributed by atoms with van der Waals surface area (Å²) in [6, 6.07) is 21.7. The Morgan fingerprint density at radius 3 is 2.37 bits per heavy atom. The minimum Gasteiger partial charge on any atom is -0.364 e. The van der Waals surface area contributed by atoms with Gasteiger partial charge in [-0.2, -0.15) is 0 Å².